The third-order valence-electron chi connectivity index (χ3n) is 3.99. The van der Waals surface area contributed by atoms with Crippen molar-refractivity contribution in [1.82, 2.24) is 4.98 Å². The molecule has 0 spiro atoms. The van der Waals surface area contributed by atoms with Crippen molar-refractivity contribution in [3.05, 3.63) is 59.8 Å². The number of carbonyl (C=O) groups is 1. The Kier molecular flexibility index (Phi) is 4.88. The Balaban J connectivity index is 1.59. The second-order valence-electron chi connectivity index (χ2n) is 5.62. The van der Waals surface area contributed by atoms with Crippen LogP contribution in [0.4, 0.5) is 0 Å². The van der Waals surface area contributed by atoms with Gasteiger partial charge in [0.05, 0.1) is 12.0 Å². The second kappa shape index (κ2) is 7.24. The van der Waals surface area contributed by atoms with Crippen molar-refractivity contribution < 1.29 is 19.4 Å². The van der Waals surface area contributed by atoms with Gasteiger partial charge in [-0.05, 0) is 30.0 Å². The lowest BCUT2D eigenvalue weighted by Crippen LogP contribution is -2.25. The molecular weight excluding hydrogens is 294 g/mol. The predicted octanol–water partition coefficient (Wildman–Crippen LogP) is 3.21. The Bertz CT molecular complexity index is 642. The molecule has 1 aromatic carbocycles. The molecule has 2 atom stereocenters. The third kappa shape index (κ3) is 4.07. The molecule has 3 rings (SSSR count). The molecule has 120 valence electrons. The number of ether oxygens (including phenoxy) is 2. The normalized spacial score (nSPS) is 20.9. The monoisotopic (exact) mass is 313 g/mol. The van der Waals surface area contributed by atoms with Gasteiger partial charge in [-0.15, -0.1) is 0 Å². The molecule has 0 unspecified atom stereocenters. The van der Waals surface area contributed by atoms with Crippen molar-refractivity contribution in [2.45, 2.75) is 25.6 Å². The number of pyridine rings is 1. The van der Waals surface area contributed by atoms with E-state index in [2.05, 4.69) is 4.98 Å². The number of aliphatic carboxylic acids is 1. The zero-order valence-corrected chi connectivity index (χ0v) is 12.7. The molecule has 2 heterocycles. The van der Waals surface area contributed by atoms with Gasteiger partial charge in [0.25, 0.3) is 0 Å². The van der Waals surface area contributed by atoms with Crippen molar-refractivity contribution >= 4 is 5.97 Å². The van der Waals surface area contributed by atoms with E-state index in [4.69, 9.17) is 14.6 Å². The number of hydrogen-bond acceptors (Lipinski definition) is 4. The van der Waals surface area contributed by atoms with E-state index in [1.165, 1.54) is 0 Å². The number of carboxylic acids is 1. The lowest BCUT2D eigenvalue weighted by atomic mass is 9.93. The number of rotatable bonds is 5. The van der Waals surface area contributed by atoms with E-state index in [0.717, 1.165) is 11.1 Å². The molecule has 1 N–H and O–H groups in total. The first-order valence-electron chi connectivity index (χ1n) is 7.69. The van der Waals surface area contributed by atoms with Crippen LogP contribution in [-0.4, -0.2) is 22.7 Å². The van der Waals surface area contributed by atoms with Crippen LogP contribution in [0.1, 0.15) is 30.1 Å². The van der Waals surface area contributed by atoms with Crippen LogP contribution < -0.4 is 4.74 Å². The molecular formula is C18H19NO4. The Labute approximate surface area is 134 Å². The highest BCUT2D eigenvalue weighted by Crippen LogP contribution is 2.31. The van der Waals surface area contributed by atoms with E-state index in [-0.39, 0.29) is 12.0 Å². The van der Waals surface area contributed by atoms with Crippen molar-refractivity contribution in [2.24, 2.45) is 5.92 Å². The topological polar surface area (TPSA) is 68.7 Å². The second-order valence-corrected chi connectivity index (χ2v) is 5.62. The van der Waals surface area contributed by atoms with E-state index >= 15 is 0 Å². The number of carboxylic acid groups (broad SMARTS) is 1. The minimum absolute atomic E-state index is 0.208. The van der Waals surface area contributed by atoms with E-state index in [0.29, 0.717) is 31.9 Å². The molecule has 0 amide bonds. The smallest absolute Gasteiger partial charge is 0.306 e. The van der Waals surface area contributed by atoms with Crippen LogP contribution in [0, 0.1) is 5.92 Å². The van der Waals surface area contributed by atoms with Crippen LogP contribution in [0.3, 0.4) is 0 Å². The van der Waals surface area contributed by atoms with Gasteiger partial charge in [-0.2, -0.15) is 0 Å². The molecule has 0 bridgehead atoms. The Morgan fingerprint density at radius 2 is 2.09 bits per heavy atom. The average Bonchev–Trinajstić information content (AvgIpc) is 2.61. The average molecular weight is 313 g/mol. The van der Waals surface area contributed by atoms with Gasteiger partial charge in [-0.3, -0.25) is 4.79 Å². The van der Waals surface area contributed by atoms with Gasteiger partial charge in [-0.1, -0.05) is 30.3 Å². The van der Waals surface area contributed by atoms with Gasteiger partial charge < -0.3 is 14.6 Å². The van der Waals surface area contributed by atoms with E-state index in [1.807, 2.05) is 36.4 Å². The van der Waals surface area contributed by atoms with Crippen molar-refractivity contribution in [2.75, 3.05) is 6.61 Å². The maximum atomic E-state index is 11.1. The first-order chi connectivity index (χ1) is 11.2. The summed E-state index contributed by atoms with van der Waals surface area (Å²) in [6, 6.07) is 13.6. The van der Waals surface area contributed by atoms with Crippen molar-refractivity contribution in [1.29, 1.82) is 0 Å². The highest BCUT2D eigenvalue weighted by atomic mass is 16.5. The molecule has 5 heteroatoms. The Morgan fingerprint density at radius 3 is 2.78 bits per heavy atom. The molecule has 1 aliphatic rings. The van der Waals surface area contributed by atoms with E-state index in [9.17, 15) is 4.79 Å². The van der Waals surface area contributed by atoms with E-state index in [1.54, 1.807) is 12.3 Å². The summed E-state index contributed by atoms with van der Waals surface area (Å²) in [5.74, 6) is -0.556. The summed E-state index contributed by atoms with van der Waals surface area (Å²) >= 11 is 0. The summed E-state index contributed by atoms with van der Waals surface area (Å²) in [7, 11) is 0. The molecule has 0 saturated carbocycles. The molecule has 23 heavy (non-hydrogen) atoms. The van der Waals surface area contributed by atoms with Gasteiger partial charge in [0.2, 0.25) is 5.88 Å². The summed E-state index contributed by atoms with van der Waals surface area (Å²) in [4.78, 5) is 15.4. The fourth-order valence-electron chi connectivity index (χ4n) is 2.65. The van der Waals surface area contributed by atoms with Gasteiger partial charge in [-0.25, -0.2) is 4.98 Å². The zero-order chi connectivity index (χ0) is 16.1. The van der Waals surface area contributed by atoms with Crippen LogP contribution in [0.2, 0.25) is 0 Å². The fourth-order valence-corrected chi connectivity index (χ4v) is 2.65. The molecule has 1 fully saturated rings. The summed E-state index contributed by atoms with van der Waals surface area (Å²) in [5, 5.41) is 9.13. The molecule has 2 aromatic rings. The predicted molar refractivity (Wildman–Crippen MR) is 84.1 cm³/mol. The molecule has 0 radical (unpaired) electrons. The quantitative estimate of drug-likeness (QED) is 0.918. The highest BCUT2D eigenvalue weighted by Gasteiger charge is 2.28. The highest BCUT2D eigenvalue weighted by molar-refractivity contribution is 5.70. The summed E-state index contributed by atoms with van der Waals surface area (Å²) in [6.45, 7) is 0.933. The van der Waals surface area contributed by atoms with Gasteiger partial charge in [0, 0.05) is 18.9 Å². The van der Waals surface area contributed by atoms with Crippen LogP contribution in [0.15, 0.2) is 48.7 Å². The summed E-state index contributed by atoms with van der Waals surface area (Å²) < 4.78 is 11.3. The first kappa shape index (κ1) is 15.5. The molecule has 5 nitrogen and oxygen atoms in total. The Hall–Kier alpha value is -2.40. The van der Waals surface area contributed by atoms with Gasteiger partial charge in [0.1, 0.15) is 6.61 Å². The first-order valence-corrected chi connectivity index (χ1v) is 7.69. The minimum atomic E-state index is -0.755. The molecule has 0 aliphatic carbocycles. The molecule has 1 aromatic heterocycles. The maximum Gasteiger partial charge on any atom is 0.306 e. The maximum absolute atomic E-state index is 11.1. The Morgan fingerprint density at radius 1 is 1.26 bits per heavy atom. The lowest BCUT2D eigenvalue weighted by Gasteiger charge is -2.27. The summed E-state index contributed by atoms with van der Waals surface area (Å²) in [6.07, 6.45) is 2.55. The fraction of sp³-hybridized carbons (Fsp3) is 0.333. The van der Waals surface area contributed by atoms with Crippen LogP contribution in [0.25, 0.3) is 0 Å². The minimum Gasteiger partial charge on any atom is -0.481 e. The standard InChI is InChI=1S/C18H19NO4/c20-18(21)14-8-9-22-16(10-14)15-6-7-17(19-11-15)23-12-13-4-2-1-3-5-13/h1-7,11,14,16H,8-10,12H2,(H,20,21)/t14-,16+/m0/s1. The zero-order valence-electron chi connectivity index (χ0n) is 12.7. The van der Waals surface area contributed by atoms with Gasteiger partial charge >= 0.3 is 5.97 Å². The van der Waals surface area contributed by atoms with Crippen LogP contribution >= 0.6 is 0 Å². The van der Waals surface area contributed by atoms with E-state index < -0.39 is 5.97 Å². The van der Waals surface area contributed by atoms with Crippen LogP contribution in [-0.2, 0) is 16.1 Å². The number of nitrogens with zero attached hydrogens (tertiary/aromatic N) is 1. The lowest BCUT2D eigenvalue weighted by molar-refractivity contribution is -0.147. The largest absolute Gasteiger partial charge is 0.481 e. The number of benzene rings is 1. The molecule has 1 aliphatic heterocycles. The SMILES string of the molecule is O=C(O)[C@H]1CCO[C@@H](c2ccc(OCc3ccccc3)nc2)C1. The third-order valence-corrected chi connectivity index (χ3v) is 3.99. The van der Waals surface area contributed by atoms with Gasteiger partial charge in [0.15, 0.2) is 0 Å². The van der Waals surface area contributed by atoms with Crippen molar-refractivity contribution in [3.63, 3.8) is 0 Å². The number of hydrogen-bond donors (Lipinski definition) is 1. The van der Waals surface area contributed by atoms with Crippen LogP contribution in [0.5, 0.6) is 5.88 Å². The summed E-state index contributed by atoms with van der Waals surface area (Å²) in [5.41, 5.74) is 1.97. The molecule has 1 saturated heterocycles. The van der Waals surface area contributed by atoms with Crippen molar-refractivity contribution in [3.8, 4) is 5.88 Å². The number of aromatic nitrogens is 1.